The number of amides is 1. The van der Waals surface area contributed by atoms with Crippen LogP contribution in [-0.4, -0.2) is 21.6 Å². The van der Waals surface area contributed by atoms with Crippen LogP contribution >= 0.6 is 0 Å². The minimum Gasteiger partial charge on any atom is -0.303 e. The summed E-state index contributed by atoms with van der Waals surface area (Å²) in [5, 5.41) is 2.23. The summed E-state index contributed by atoms with van der Waals surface area (Å²) in [4.78, 5) is 19.0. The standard InChI is InChI=1S/C18H19F5N4O/c1-16(2,3)27-14-12(20)10(24-6)7-9(19)13(14)26-15(27)25-11(28)8-17(4,5)18(21,22)23/h7H,8H2,1-5H3,(H,25,26,28). The molecule has 0 aliphatic carbocycles. The SMILES string of the molecule is [C-]#[N+]c1cc(F)c2nc(NC(=O)CC(C)(C)C(F)(F)F)n(C(C)(C)C)c2c1F. The van der Waals surface area contributed by atoms with E-state index in [2.05, 4.69) is 15.1 Å². The molecule has 28 heavy (non-hydrogen) atoms. The molecule has 0 atom stereocenters. The molecule has 0 saturated carbocycles. The molecule has 0 unspecified atom stereocenters. The minimum atomic E-state index is -4.61. The van der Waals surface area contributed by atoms with E-state index in [0.717, 1.165) is 18.4 Å². The average molecular weight is 402 g/mol. The highest BCUT2D eigenvalue weighted by Gasteiger charge is 2.48. The maximum Gasteiger partial charge on any atom is 0.394 e. The van der Waals surface area contributed by atoms with Crippen molar-refractivity contribution in [2.75, 3.05) is 5.32 Å². The maximum absolute atomic E-state index is 14.7. The Bertz CT molecular complexity index is 977. The third kappa shape index (κ3) is 3.79. The highest BCUT2D eigenvalue weighted by Crippen LogP contribution is 2.41. The Labute approximate surface area is 158 Å². The fourth-order valence-electron chi connectivity index (χ4n) is 2.65. The van der Waals surface area contributed by atoms with Gasteiger partial charge >= 0.3 is 6.18 Å². The molecule has 2 aromatic rings. The van der Waals surface area contributed by atoms with Gasteiger partial charge in [0.15, 0.2) is 5.82 Å². The zero-order valence-electron chi connectivity index (χ0n) is 15.9. The van der Waals surface area contributed by atoms with Crippen molar-refractivity contribution in [2.24, 2.45) is 5.41 Å². The lowest BCUT2D eigenvalue weighted by Crippen LogP contribution is -2.36. The van der Waals surface area contributed by atoms with Crippen LogP contribution in [0.4, 0.5) is 33.6 Å². The molecule has 10 heteroatoms. The highest BCUT2D eigenvalue weighted by molar-refractivity contribution is 5.93. The Morgan fingerprint density at radius 1 is 1.21 bits per heavy atom. The molecule has 2 rings (SSSR count). The predicted octanol–water partition coefficient (Wildman–Crippen LogP) is 5.54. The minimum absolute atomic E-state index is 0.301. The van der Waals surface area contributed by atoms with Crippen LogP contribution in [0.25, 0.3) is 15.9 Å². The van der Waals surface area contributed by atoms with E-state index in [1.54, 1.807) is 20.8 Å². The summed E-state index contributed by atoms with van der Waals surface area (Å²) < 4.78 is 69.3. The molecular formula is C18H19F5N4O. The number of rotatable bonds is 3. The molecule has 0 bridgehead atoms. The van der Waals surface area contributed by atoms with Gasteiger partial charge in [0.25, 0.3) is 0 Å². The lowest BCUT2D eigenvalue weighted by molar-refractivity contribution is -0.213. The molecule has 1 aromatic carbocycles. The molecule has 0 fully saturated rings. The lowest BCUT2D eigenvalue weighted by Gasteiger charge is -2.28. The highest BCUT2D eigenvalue weighted by atomic mass is 19.4. The van der Waals surface area contributed by atoms with Crippen LogP contribution in [0.15, 0.2) is 6.07 Å². The van der Waals surface area contributed by atoms with E-state index in [9.17, 15) is 26.7 Å². The monoisotopic (exact) mass is 402 g/mol. The van der Waals surface area contributed by atoms with Crippen LogP contribution in [-0.2, 0) is 10.3 Å². The van der Waals surface area contributed by atoms with E-state index in [-0.39, 0.29) is 11.5 Å². The fourth-order valence-corrected chi connectivity index (χ4v) is 2.65. The van der Waals surface area contributed by atoms with Crippen molar-refractivity contribution in [2.45, 2.75) is 52.8 Å². The van der Waals surface area contributed by atoms with Crippen LogP contribution in [0, 0.1) is 23.6 Å². The van der Waals surface area contributed by atoms with E-state index in [1.165, 1.54) is 0 Å². The van der Waals surface area contributed by atoms with Crippen molar-refractivity contribution in [1.82, 2.24) is 9.55 Å². The van der Waals surface area contributed by atoms with Gasteiger partial charge in [-0.05, 0) is 26.8 Å². The van der Waals surface area contributed by atoms with Crippen molar-refractivity contribution in [3.63, 3.8) is 0 Å². The number of benzene rings is 1. The van der Waals surface area contributed by atoms with Crippen molar-refractivity contribution in [3.8, 4) is 0 Å². The van der Waals surface area contributed by atoms with Gasteiger partial charge in [0.05, 0.1) is 17.5 Å². The first kappa shape index (κ1) is 21.6. The average Bonchev–Trinajstić information content (AvgIpc) is 2.88. The van der Waals surface area contributed by atoms with Gasteiger partial charge in [-0.25, -0.2) is 18.6 Å². The van der Waals surface area contributed by atoms with Gasteiger partial charge in [-0.3, -0.25) is 10.1 Å². The number of nitrogens with one attached hydrogen (secondary N) is 1. The summed E-state index contributed by atoms with van der Waals surface area (Å²) >= 11 is 0. The number of aromatic nitrogens is 2. The second-order valence-electron chi connectivity index (χ2n) is 8.05. The van der Waals surface area contributed by atoms with Crippen LogP contribution in [0.2, 0.25) is 0 Å². The largest absolute Gasteiger partial charge is 0.394 e. The van der Waals surface area contributed by atoms with E-state index in [0.29, 0.717) is 6.07 Å². The number of nitrogens with zero attached hydrogens (tertiary/aromatic N) is 3. The molecule has 1 aromatic heterocycles. The van der Waals surface area contributed by atoms with Gasteiger partial charge in [-0.1, -0.05) is 13.8 Å². The molecule has 0 spiro atoms. The van der Waals surface area contributed by atoms with Gasteiger partial charge in [-0.2, -0.15) is 13.2 Å². The summed E-state index contributed by atoms with van der Waals surface area (Å²) in [6, 6.07) is 0.684. The number of halogens is 5. The number of fused-ring (bicyclic) bond motifs is 1. The van der Waals surface area contributed by atoms with Gasteiger partial charge in [0.2, 0.25) is 17.5 Å². The third-order valence-corrected chi connectivity index (χ3v) is 4.21. The number of alkyl halides is 3. The van der Waals surface area contributed by atoms with Crippen molar-refractivity contribution < 1.29 is 26.7 Å². The molecule has 1 heterocycles. The van der Waals surface area contributed by atoms with Crippen LogP contribution in [0.1, 0.15) is 41.0 Å². The van der Waals surface area contributed by atoms with E-state index in [4.69, 9.17) is 6.57 Å². The Kier molecular flexibility index (Phi) is 5.19. The lowest BCUT2D eigenvalue weighted by atomic mass is 9.88. The summed E-state index contributed by atoms with van der Waals surface area (Å²) in [5.41, 5.74) is -4.56. The maximum atomic E-state index is 14.7. The van der Waals surface area contributed by atoms with Crippen LogP contribution in [0.3, 0.4) is 0 Å². The molecule has 1 amide bonds. The Morgan fingerprint density at radius 2 is 1.79 bits per heavy atom. The molecule has 0 radical (unpaired) electrons. The third-order valence-electron chi connectivity index (χ3n) is 4.21. The number of imidazole rings is 1. The second-order valence-corrected chi connectivity index (χ2v) is 8.05. The predicted molar refractivity (Wildman–Crippen MR) is 94.0 cm³/mol. The molecule has 0 aliphatic rings. The van der Waals surface area contributed by atoms with Gasteiger partial charge in [-0.15, -0.1) is 0 Å². The number of carbonyl (C=O) groups is 1. The van der Waals surface area contributed by atoms with E-state index < -0.39 is 52.3 Å². The number of carbonyl (C=O) groups excluding carboxylic acids is 1. The van der Waals surface area contributed by atoms with E-state index >= 15 is 0 Å². The van der Waals surface area contributed by atoms with Crippen molar-refractivity contribution in [1.29, 1.82) is 0 Å². The first-order valence-electron chi connectivity index (χ1n) is 8.25. The van der Waals surface area contributed by atoms with Crippen LogP contribution in [0.5, 0.6) is 0 Å². The van der Waals surface area contributed by atoms with E-state index in [1.807, 2.05) is 0 Å². The number of hydrogen-bond acceptors (Lipinski definition) is 2. The number of anilines is 1. The molecule has 1 N–H and O–H groups in total. The van der Waals surface area contributed by atoms with Gasteiger partial charge in [0, 0.05) is 12.0 Å². The second kappa shape index (κ2) is 6.72. The molecule has 152 valence electrons. The Morgan fingerprint density at radius 3 is 2.25 bits per heavy atom. The molecule has 0 saturated heterocycles. The quantitative estimate of drug-likeness (QED) is 0.542. The van der Waals surface area contributed by atoms with Crippen molar-refractivity contribution in [3.05, 3.63) is 29.1 Å². The van der Waals surface area contributed by atoms with Gasteiger partial charge < -0.3 is 4.57 Å². The normalized spacial score (nSPS) is 12.9. The zero-order chi connectivity index (χ0) is 21.7. The van der Waals surface area contributed by atoms with Crippen molar-refractivity contribution >= 4 is 28.6 Å². The zero-order valence-corrected chi connectivity index (χ0v) is 15.9. The smallest absolute Gasteiger partial charge is 0.303 e. The summed E-state index contributed by atoms with van der Waals surface area (Å²) in [6.45, 7) is 13.6. The molecule has 0 aliphatic heterocycles. The summed E-state index contributed by atoms with van der Waals surface area (Å²) in [5.74, 6) is -3.30. The first-order valence-corrected chi connectivity index (χ1v) is 8.25. The number of hydrogen-bond donors (Lipinski definition) is 1. The fraction of sp³-hybridized carbons (Fsp3) is 0.500. The summed E-state index contributed by atoms with van der Waals surface area (Å²) in [6.07, 6.45) is -5.51. The van der Waals surface area contributed by atoms with Crippen LogP contribution < -0.4 is 5.32 Å². The first-order chi connectivity index (χ1) is 12.6. The van der Waals surface area contributed by atoms with Gasteiger partial charge in [0.1, 0.15) is 11.3 Å². The topological polar surface area (TPSA) is 51.3 Å². The summed E-state index contributed by atoms with van der Waals surface area (Å²) in [7, 11) is 0. The molecular weight excluding hydrogens is 383 g/mol. The Balaban J connectivity index is 2.60. The molecule has 5 nitrogen and oxygen atoms in total. The Hall–Kier alpha value is -2.70.